The van der Waals surface area contributed by atoms with Gasteiger partial charge in [-0.1, -0.05) is 41.5 Å². The molecule has 140 valence electrons. The molecule has 0 fully saturated rings. The van der Waals surface area contributed by atoms with Crippen molar-refractivity contribution in [3.8, 4) is 0 Å². The Kier molecular flexibility index (Phi) is 6.89. The van der Waals surface area contributed by atoms with Gasteiger partial charge in [-0.25, -0.2) is 8.42 Å². The number of carbonyl (C=O) groups is 1. The van der Waals surface area contributed by atoms with Gasteiger partial charge in [-0.3, -0.25) is 4.79 Å². The number of aryl methyl sites for hydroxylation is 2. The molecule has 0 aliphatic carbocycles. The molecule has 1 amide bonds. The quantitative estimate of drug-likeness (QED) is 0.779. The molecule has 6 heteroatoms. The Balaban J connectivity index is 1.85. The number of thioether (sulfide) groups is 1. The van der Waals surface area contributed by atoms with E-state index in [9.17, 15) is 13.2 Å². The number of nitrogens with one attached hydrogen (secondary N) is 1. The maximum Gasteiger partial charge on any atom is 0.230 e. The van der Waals surface area contributed by atoms with Crippen LogP contribution < -0.4 is 5.32 Å². The summed E-state index contributed by atoms with van der Waals surface area (Å²) < 4.78 is 23.0. The summed E-state index contributed by atoms with van der Waals surface area (Å²) in [5.41, 5.74) is 4.57. The molecule has 0 aromatic heterocycles. The van der Waals surface area contributed by atoms with Gasteiger partial charge in [0.15, 0.2) is 9.84 Å². The minimum atomic E-state index is -3.20. The van der Waals surface area contributed by atoms with Crippen molar-refractivity contribution in [3.05, 3.63) is 64.7 Å². The number of sulfone groups is 1. The smallest absolute Gasteiger partial charge is 0.230 e. The Labute approximate surface area is 160 Å². The van der Waals surface area contributed by atoms with E-state index in [1.165, 1.54) is 22.9 Å². The van der Waals surface area contributed by atoms with E-state index in [1.807, 2.05) is 6.92 Å². The molecule has 0 spiro atoms. The summed E-state index contributed by atoms with van der Waals surface area (Å²) in [6.45, 7) is 6.04. The van der Waals surface area contributed by atoms with Crippen molar-refractivity contribution in [2.75, 3.05) is 12.0 Å². The highest BCUT2D eigenvalue weighted by molar-refractivity contribution is 7.99. The zero-order valence-corrected chi connectivity index (χ0v) is 17.2. The van der Waals surface area contributed by atoms with Crippen molar-refractivity contribution in [2.45, 2.75) is 37.5 Å². The molecule has 0 aliphatic heterocycles. The fourth-order valence-corrected chi connectivity index (χ4v) is 4.19. The van der Waals surface area contributed by atoms with E-state index in [4.69, 9.17) is 0 Å². The van der Waals surface area contributed by atoms with Crippen molar-refractivity contribution in [3.63, 3.8) is 0 Å². The van der Waals surface area contributed by atoms with Gasteiger partial charge in [0.05, 0.1) is 16.7 Å². The molecule has 2 aromatic carbocycles. The molecule has 26 heavy (non-hydrogen) atoms. The van der Waals surface area contributed by atoms with Gasteiger partial charge in [-0.15, -0.1) is 11.8 Å². The third-order valence-electron chi connectivity index (χ3n) is 3.97. The molecule has 0 saturated heterocycles. The van der Waals surface area contributed by atoms with E-state index in [1.54, 1.807) is 36.0 Å². The van der Waals surface area contributed by atoms with Crippen LogP contribution in [0.3, 0.4) is 0 Å². The van der Waals surface area contributed by atoms with E-state index >= 15 is 0 Å². The SMILES string of the molecule is Cc1cc(C)cc(CSCC(=O)NC(C)c2ccc(S(C)(=O)=O)cc2)c1. The topological polar surface area (TPSA) is 63.2 Å². The van der Waals surface area contributed by atoms with E-state index < -0.39 is 9.84 Å². The molecule has 0 radical (unpaired) electrons. The number of amides is 1. The Morgan fingerprint density at radius 3 is 2.19 bits per heavy atom. The highest BCUT2D eigenvalue weighted by Gasteiger charge is 2.12. The maximum atomic E-state index is 12.1. The van der Waals surface area contributed by atoms with Gasteiger partial charge in [0.2, 0.25) is 5.91 Å². The molecule has 1 N–H and O–H groups in total. The van der Waals surface area contributed by atoms with Crippen LogP contribution in [0.2, 0.25) is 0 Å². The van der Waals surface area contributed by atoms with E-state index in [0.29, 0.717) is 5.75 Å². The highest BCUT2D eigenvalue weighted by atomic mass is 32.2. The van der Waals surface area contributed by atoms with Crippen molar-refractivity contribution in [1.82, 2.24) is 5.32 Å². The molecule has 1 unspecified atom stereocenters. The zero-order valence-electron chi connectivity index (χ0n) is 15.6. The molecule has 1 atom stereocenters. The van der Waals surface area contributed by atoms with Gasteiger partial charge in [0.25, 0.3) is 0 Å². The van der Waals surface area contributed by atoms with Crippen LogP contribution in [0.1, 0.15) is 35.2 Å². The van der Waals surface area contributed by atoms with Crippen molar-refractivity contribution in [1.29, 1.82) is 0 Å². The number of carbonyl (C=O) groups excluding carboxylic acids is 1. The molecular formula is C20H25NO3S2. The fourth-order valence-electron chi connectivity index (χ4n) is 2.78. The van der Waals surface area contributed by atoms with Crippen LogP contribution in [-0.2, 0) is 20.4 Å². The molecular weight excluding hydrogens is 366 g/mol. The van der Waals surface area contributed by atoms with Crippen LogP contribution in [0.4, 0.5) is 0 Å². The molecule has 4 nitrogen and oxygen atoms in total. The zero-order chi connectivity index (χ0) is 19.3. The second-order valence-electron chi connectivity index (χ2n) is 6.62. The summed E-state index contributed by atoms with van der Waals surface area (Å²) in [6.07, 6.45) is 1.18. The van der Waals surface area contributed by atoms with Crippen LogP contribution in [0.25, 0.3) is 0 Å². The predicted octanol–water partition coefficient (Wildman–Crippen LogP) is 3.82. The van der Waals surface area contributed by atoms with E-state index in [-0.39, 0.29) is 16.8 Å². The number of hydrogen-bond donors (Lipinski definition) is 1. The van der Waals surface area contributed by atoms with Crippen molar-refractivity contribution < 1.29 is 13.2 Å². The van der Waals surface area contributed by atoms with Crippen LogP contribution in [0.5, 0.6) is 0 Å². The Morgan fingerprint density at radius 2 is 1.65 bits per heavy atom. The molecule has 2 rings (SSSR count). The minimum Gasteiger partial charge on any atom is -0.349 e. The average molecular weight is 392 g/mol. The van der Waals surface area contributed by atoms with Gasteiger partial charge < -0.3 is 5.32 Å². The first-order valence-electron chi connectivity index (χ1n) is 8.39. The minimum absolute atomic E-state index is 0.0286. The number of rotatable bonds is 7. The lowest BCUT2D eigenvalue weighted by molar-refractivity contribution is -0.119. The number of hydrogen-bond acceptors (Lipinski definition) is 4. The Hall–Kier alpha value is -1.79. The first-order valence-corrected chi connectivity index (χ1v) is 11.4. The second-order valence-corrected chi connectivity index (χ2v) is 9.62. The summed E-state index contributed by atoms with van der Waals surface area (Å²) >= 11 is 1.58. The molecule has 0 saturated carbocycles. The molecule has 0 aliphatic rings. The Bertz CT molecular complexity index is 854. The van der Waals surface area contributed by atoms with Crippen LogP contribution >= 0.6 is 11.8 Å². The summed E-state index contributed by atoms with van der Waals surface area (Å²) in [5.74, 6) is 1.16. The molecule has 0 bridgehead atoms. The number of benzene rings is 2. The second kappa shape index (κ2) is 8.73. The molecule has 0 heterocycles. The van der Waals surface area contributed by atoms with Crippen LogP contribution in [0, 0.1) is 13.8 Å². The van der Waals surface area contributed by atoms with Crippen molar-refractivity contribution >= 4 is 27.5 Å². The lowest BCUT2D eigenvalue weighted by Gasteiger charge is -2.15. The van der Waals surface area contributed by atoms with E-state index in [2.05, 4.69) is 37.4 Å². The fraction of sp³-hybridized carbons (Fsp3) is 0.350. The lowest BCUT2D eigenvalue weighted by Crippen LogP contribution is -2.28. The average Bonchev–Trinajstić information content (AvgIpc) is 2.53. The van der Waals surface area contributed by atoms with Crippen LogP contribution in [0.15, 0.2) is 47.4 Å². The van der Waals surface area contributed by atoms with Gasteiger partial charge >= 0.3 is 0 Å². The normalized spacial score (nSPS) is 12.6. The molecule has 2 aromatic rings. The van der Waals surface area contributed by atoms with Crippen molar-refractivity contribution in [2.24, 2.45) is 0 Å². The summed E-state index contributed by atoms with van der Waals surface area (Å²) in [6, 6.07) is 12.9. The van der Waals surface area contributed by atoms with Gasteiger partial charge in [-0.2, -0.15) is 0 Å². The predicted molar refractivity (Wildman–Crippen MR) is 108 cm³/mol. The van der Waals surface area contributed by atoms with Gasteiger partial charge in [-0.05, 0) is 44.0 Å². The lowest BCUT2D eigenvalue weighted by atomic mass is 10.1. The third-order valence-corrected chi connectivity index (χ3v) is 6.10. The first kappa shape index (κ1) is 20.5. The van der Waals surface area contributed by atoms with E-state index in [0.717, 1.165) is 11.3 Å². The first-order chi connectivity index (χ1) is 12.1. The Morgan fingerprint density at radius 1 is 1.08 bits per heavy atom. The monoisotopic (exact) mass is 391 g/mol. The summed E-state index contributed by atoms with van der Waals surface area (Å²) in [7, 11) is -3.20. The highest BCUT2D eigenvalue weighted by Crippen LogP contribution is 2.18. The van der Waals surface area contributed by atoms with Gasteiger partial charge in [0, 0.05) is 12.0 Å². The largest absolute Gasteiger partial charge is 0.349 e. The van der Waals surface area contributed by atoms with Crippen LogP contribution in [-0.4, -0.2) is 26.3 Å². The standard InChI is InChI=1S/C20H25NO3S2/c1-14-9-15(2)11-17(10-14)12-25-13-20(22)21-16(3)18-5-7-19(8-6-18)26(4,23)24/h5-11,16H,12-13H2,1-4H3,(H,21,22). The van der Waals surface area contributed by atoms with Gasteiger partial charge in [0.1, 0.15) is 0 Å². The third kappa shape index (κ3) is 6.18. The summed E-state index contributed by atoms with van der Waals surface area (Å²) in [4.78, 5) is 12.4. The maximum absolute atomic E-state index is 12.1. The summed E-state index contributed by atoms with van der Waals surface area (Å²) in [5, 5.41) is 2.95.